The molecule has 180 valence electrons. The van der Waals surface area contributed by atoms with Crippen molar-refractivity contribution in [1.82, 2.24) is 24.6 Å². The summed E-state index contributed by atoms with van der Waals surface area (Å²) in [6, 6.07) is 6.79. The van der Waals surface area contributed by atoms with Crippen molar-refractivity contribution in [3.63, 3.8) is 0 Å². The van der Waals surface area contributed by atoms with Crippen molar-refractivity contribution in [3.8, 4) is 0 Å². The standard InChI is InChI=1S/C25H31FN6O2/c1-4-30(5-2)20-8-10-31(11-9-20)24(33)16-32-15-18-13-22(17(3)12-23(18)29-32)28-25(34)21-7-6-19(26)14-27-21/h6-7,12-15,20H,4-5,8-11,16H2,1-3H3,(H,28,34). The molecule has 0 aliphatic carbocycles. The largest absolute Gasteiger partial charge is 0.341 e. The van der Waals surface area contributed by atoms with E-state index in [9.17, 15) is 14.0 Å². The van der Waals surface area contributed by atoms with Crippen LogP contribution in [0.3, 0.4) is 0 Å². The third kappa shape index (κ3) is 5.25. The Morgan fingerprint density at radius 3 is 2.56 bits per heavy atom. The number of likely N-dealkylation sites (tertiary alicyclic amines) is 1. The van der Waals surface area contributed by atoms with Crippen LogP contribution in [0.15, 0.2) is 36.7 Å². The summed E-state index contributed by atoms with van der Waals surface area (Å²) in [6.45, 7) is 10.0. The summed E-state index contributed by atoms with van der Waals surface area (Å²) in [5.41, 5.74) is 2.33. The highest BCUT2D eigenvalue weighted by Gasteiger charge is 2.25. The van der Waals surface area contributed by atoms with Crippen LogP contribution in [0.2, 0.25) is 0 Å². The fourth-order valence-electron chi connectivity index (χ4n) is 4.60. The Bertz CT molecular complexity index is 1160. The molecule has 0 radical (unpaired) electrons. The van der Waals surface area contributed by atoms with E-state index in [1.807, 2.05) is 30.2 Å². The zero-order valence-electron chi connectivity index (χ0n) is 19.9. The van der Waals surface area contributed by atoms with E-state index in [2.05, 4.69) is 34.1 Å². The molecule has 1 aliphatic rings. The lowest BCUT2D eigenvalue weighted by molar-refractivity contribution is -0.133. The molecule has 0 spiro atoms. The number of anilines is 1. The summed E-state index contributed by atoms with van der Waals surface area (Å²) >= 11 is 0. The van der Waals surface area contributed by atoms with Gasteiger partial charge in [-0.3, -0.25) is 14.3 Å². The van der Waals surface area contributed by atoms with E-state index in [-0.39, 0.29) is 18.1 Å². The predicted molar refractivity (Wildman–Crippen MR) is 129 cm³/mol. The highest BCUT2D eigenvalue weighted by Crippen LogP contribution is 2.24. The van der Waals surface area contributed by atoms with E-state index < -0.39 is 11.7 Å². The number of aromatic nitrogens is 3. The molecule has 1 saturated heterocycles. The van der Waals surface area contributed by atoms with E-state index in [4.69, 9.17) is 0 Å². The summed E-state index contributed by atoms with van der Waals surface area (Å²) in [5, 5.41) is 8.20. The lowest BCUT2D eigenvalue weighted by atomic mass is 10.0. The molecule has 2 aromatic heterocycles. The molecule has 4 rings (SSSR count). The second-order valence-electron chi connectivity index (χ2n) is 8.70. The smallest absolute Gasteiger partial charge is 0.274 e. The number of aryl methyl sites for hydroxylation is 1. The van der Waals surface area contributed by atoms with Gasteiger partial charge in [-0.25, -0.2) is 9.37 Å². The minimum Gasteiger partial charge on any atom is -0.341 e. The van der Waals surface area contributed by atoms with Gasteiger partial charge in [-0.15, -0.1) is 0 Å². The molecule has 1 aromatic carbocycles. The summed E-state index contributed by atoms with van der Waals surface area (Å²) in [5.74, 6) is -0.846. The third-order valence-corrected chi connectivity index (χ3v) is 6.55. The van der Waals surface area contributed by atoms with Gasteiger partial charge in [0.1, 0.15) is 18.1 Å². The Kier molecular flexibility index (Phi) is 7.21. The molecule has 1 fully saturated rings. The first-order chi connectivity index (χ1) is 16.4. The molecular formula is C25H31FN6O2. The van der Waals surface area contributed by atoms with Gasteiger partial charge in [0.05, 0.1) is 11.7 Å². The summed E-state index contributed by atoms with van der Waals surface area (Å²) in [6.07, 6.45) is 4.83. The van der Waals surface area contributed by atoms with Crippen LogP contribution >= 0.6 is 0 Å². The zero-order valence-corrected chi connectivity index (χ0v) is 19.9. The SMILES string of the molecule is CCN(CC)C1CCN(C(=O)Cn2cc3cc(NC(=O)c4ccc(F)cn4)c(C)cc3n2)CC1. The Hall–Kier alpha value is -3.33. The molecule has 9 heteroatoms. The number of fused-ring (bicyclic) bond motifs is 1. The number of halogens is 1. The van der Waals surface area contributed by atoms with Gasteiger partial charge in [0.15, 0.2) is 0 Å². The number of hydrogen-bond donors (Lipinski definition) is 1. The van der Waals surface area contributed by atoms with E-state index in [1.165, 1.54) is 12.1 Å². The van der Waals surface area contributed by atoms with Crippen molar-refractivity contribution in [1.29, 1.82) is 0 Å². The lowest BCUT2D eigenvalue weighted by Gasteiger charge is -2.37. The van der Waals surface area contributed by atoms with E-state index in [1.54, 1.807) is 4.68 Å². The fraction of sp³-hybridized carbons (Fsp3) is 0.440. The molecule has 3 aromatic rings. The maximum absolute atomic E-state index is 13.1. The van der Waals surface area contributed by atoms with Crippen molar-refractivity contribution < 1.29 is 14.0 Å². The van der Waals surface area contributed by atoms with Crippen molar-refractivity contribution in [3.05, 3.63) is 53.7 Å². The molecule has 1 aliphatic heterocycles. The fourth-order valence-corrected chi connectivity index (χ4v) is 4.60. The Morgan fingerprint density at radius 2 is 1.91 bits per heavy atom. The van der Waals surface area contributed by atoms with Crippen molar-refractivity contribution in [2.75, 3.05) is 31.5 Å². The van der Waals surface area contributed by atoms with Gasteiger partial charge < -0.3 is 15.1 Å². The molecule has 2 amide bonds. The summed E-state index contributed by atoms with van der Waals surface area (Å²) in [7, 11) is 0. The molecule has 34 heavy (non-hydrogen) atoms. The molecule has 8 nitrogen and oxygen atoms in total. The monoisotopic (exact) mass is 466 g/mol. The van der Waals surface area contributed by atoms with Crippen molar-refractivity contribution in [2.45, 2.75) is 46.2 Å². The summed E-state index contributed by atoms with van der Waals surface area (Å²) < 4.78 is 14.7. The van der Waals surface area contributed by atoms with Gasteiger partial charge >= 0.3 is 0 Å². The lowest BCUT2D eigenvalue weighted by Crippen LogP contribution is -2.47. The second-order valence-corrected chi connectivity index (χ2v) is 8.70. The Morgan fingerprint density at radius 1 is 1.18 bits per heavy atom. The van der Waals surface area contributed by atoms with Crippen molar-refractivity contribution in [2.24, 2.45) is 0 Å². The van der Waals surface area contributed by atoms with Crippen LogP contribution in [0.5, 0.6) is 0 Å². The number of amides is 2. The number of carbonyl (C=O) groups is 2. The number of benzene rings is 1. The van der Waals surface area contributed by atoms with Gasteiger partial charge in [-0.1, -0.05) is 13.8 Å². The molecule has 1 N–H and O–H groups in total. The number of nitrogens with one attached hydrogen (secondary N) is 1. The Labute approximate surface area is 198 Å². The number of carbonyl (C=O) groups excluding carboxylic acids is 2. The minimum absolute atomic E-state index is 0.0680. The van der Waals surface area contributed by atoms with Crippen molar-refractivity contribution >= 4 is 28.4 Å². The maximum atomic E-state index is 13.1. The van der Waals surface area contributed by atoms with Crippen LogP contribution in [-0.4, -0.2) is 68.6 Å². The molecule has 0 atom stereocenters. The first-order valence-electron chi connectivity index (χ1n) is 11.8. The highest BCUT2D eigenvalue weighted by molar-refractivity contribution is 6.04. The highest BCUT2D eigenvalue weighted by atomic mass is 19.1. The average molecular weight is 467 g/mol. The summed E-state index contributed by atoms with van der Waals surface area (Å²) in [4.78, 5) is 33.6. The minimum atomic E-state index is -0.496. The van der Waals surface area contributed by atoms with Gasteiger partial charge in [0.25, 0.3) is 5.91 Å². The van der Waals surface area contributed by atoms with Gasteiger partial charge in [0, 0.05) is 36.4 Å². The quantitative estimate of drug-likeness (QED) is 0.577. The average Bonchev–Trinajstić information content (AvgIpc) is 3.21. The second kappa shape index (κ2) is 10.3. The molecule has 0 bridgehead atoms. The van der Waals surface area contributed by atoms with Crippen LogP contribution in [0, 0.1) is 12.7 Å². The molecule has 0 saturated carbocycles. The first kappa shape index (κ1) is 23.8. The van der Waals surface area contributed by atoms with E-state index >= 15 is 0 Å². The number of piperidine rings is 1. The number of hydrogen-bond acceptors (Lipinski definition) is 5. The van der Waals surface area contributed by atoms with E-state index in [0.717, 1.165) is 61.7 Å². The molecule has 0 unspecified atom stereocenters. The van der Waals surface area contributed by atoms with Gasteiger partial charge in [-0.2, -0.15) is 5.10 Å². The van der Waals surface area contributed by atoms with Crippen LogP contribution in [-0.2, 0) is 11.3 Å². The van der Waals surface area contributed by atoms with Crippen LogP contribution in [0.25, 0.3) is 10.9 Å². The maximum Gasteiger partial charge on any atom is 0.274 e. The Balaban J connectivity index is 1.41. The molecule has 3 heterocycles. The van der Waals surface area contributed by atoms with Crippen LogP contribution in [0.4, 0.5) is 10.1 Å². The first-order valence-corrected chi connectivity index (χ1v) is 11.8. The van der Waals surface area contributed by atoms with Crippen LogP contribution < -0.4 is 5.32 Å². The normalized spacial score (nSPS) is 14.7. The number of rotatable bonds is 7. The molecular weight excluding hydrogens is 435 g/mol. The van der Waals surface area contributed by atoms with Crippen LogP contribution in [0.1, 0.15) is 42.7 Å². The number of nitrogens with zero attached hydrogens (tertiary/aromatic N) is 5. The van der Waals surface area contributed by atoms with E-state index in [0.29, 0.717) is 11.7 Å². The van der Waals surface area contributed by atoms with Gasteiger partial charge in [-0.05, 0) is 62.7 Å². The number of pyridine rings is 1. The zero-order chi connectivity index (χ0) is 24.2. The topological polar surface area (TPSA) is 83.4 Å². The predicted octanol–water partition coefficient (Wildman–Crippen LogP) is 3.46. The van der Waals surface area contributed by atoms with Gasteiger partial charge in [0.2, 0.25) is 5.91 Å². The third-order valence-electron chi connectivity index (χ3n) is 6.55.